The van der Waals surface area contributed by atoms with E-state index in [9.17, 15) is 9.59 Å². The molecule has 0 bridgehead atoms. The summed E-state index contributed by atoms with van der Waals surface area (Å²) in [6, 6.07) is 8.62. The van der Waals surface area contributed by atoms with E-state index in [4.69, 9.17) is 14.0 Å². The van der Waals surface area contributed by atoms with E-state index in [1.54, 1.807) is 19.2 Å². The lowest BCUT2D eigenvalue weighted by molar-refractivity contribution is 0.0423. The van der Waals surface area contributed by atoms with E-state index in [-0.39, 0.29) is 24.0 Å². The van der Waals surface area contributed by atoms with E-state index >= 15 is 0 Å². The minimum absolute atomic E-state index is 0.143. The molecule has 0 saturated heterocycles. The van der Waals surface area contributed by atoms with Crippen molar-refractivity contribution in [3.8, 4) is 17.1 Å². The number of H-pyrrole nitrogens is 1. The smallest absolute Gasteiger partial charge is 0.355 e. The average Bonchev–Trinajstić information content (AvgIpc) is 3.29. The molecule has 0 radical (unpaired) electrons. The molecule has 1 N–H and O–H groups in total. The van der Waals surface area contributed by atoms with Crippen LogP contribution >= 0.6 is 0 Å². The number of carbonyl (C=O) groups excluding carboxylic acids is 2. The minimum atomic E-state index is -0.617. The molecular formula is C17H15N3O5. The first-order valence-corrected chi connectivity index (χ1v) is 7.40. The number of Topliss-reactive ketones (excluding diaryl/α,β-unsaturated/α-hetero) is 1. The summed E-state index contributed by atoms with van der Waals surface area (Å²) in [4.78, 5) is 30.0. The Bertz CT molecular complexity index is 912. The Balaban J connectivity index is 1.65. The minimum Gasteiger partial charge on any atom is -0.497 e. The zero-order chi connectivity index (χ0) is 17.8. The van der Waals surface area contributed by atoms with Crippen molar-refractivity contribution < 1.29 is 23.6 Å². The fraction of sp³-hybridized carbons (Fsp3) is 0.176. The number of methoxy groups -OCH3 is 1. The number of hydrogen-bond donors (Lipinski definition) is 1. The maximum atomic E-state index is 11.9. The molecule has 0 fully saturated rings. The summed E-state index contributed by atoms with van der Waals surface area (Å²) >= 11 is 0. The summed E-state index contributed by atoms with van der Waals surface area (Å²) in [5.41, 5.74) is 1.30. The van der Waals surface area contributed by atoms with Gasteiger partial charge in [0, 0.05) is 17.3 Å². The highest BCUT2D eigenvalue weighted by molar-refractivity contribution is 5.97. The van der Waals surface area contributed by atoms with Gasteiger partial charge in [-0.25, -0.2) is 4.79 Å². The van der Waals surface area contributed by atoms with Crippen LogP contribution in [0.1, 0.15) is 33.7 Å². The van der Waals surface area contributed by atoms with E-state index in [1.807, 2.05) is 12.1 Å². The number of hydrogen-bond acceptors (Lipinski definition) is 7. The maximum Gasteiger partial charge on any atom is 0.355 e. The van der Waals surface area contributed by atoms with Crippen molar-refractivity contribution in [3.63, 3.8) is 0 Å². The molecule has 3 rings (SSSR count). The predicted octanol–water partition coefficient (Wildman–Crippen LogP) is 2.63. The van der Waals surface area contributed by atoms with Gasteiger partial charge >= 0.3 is 5.97 Å². The van der Waals surface area contributed by atoms with Gasteiger partial charge in [0.2, 0.25) is 5.82 Å². The van der Waals surface area contributed by atoms with E-state index < -0.39 is 5.97 Å². The highest BCUT2D eigenvalue weighted by atomic mass is 16.6. The van der Waals surface area contributed by atoms with Gasteiger partial charge < -0.3 is 19.0 Å². The summed E-state index contributed by atoms with van der Waals surface area (Å²) in [6.45, 7) is 1.24. The van der Waals surface area contributed by atoms with Gasteiger partial charge in [0.05, 0.1) is 7.11 Å². The Labute approximate surface area is 142 Å². The third-order valence-corrected chi connectivity index (χ3v) is 3.43. The molecule has 128 valence electrons. The van der Waals surface area contributed by atoms with Crippen molar-refractivity contribution >= 4 is 11.8 Å². The highest BCUT2D eigenvalue weighted by Crippen LogP contribution is 2.21. The van der Waals surface area contributed by atoms with Gasteiger partial charge in [-0.3, -0.25) is 4.79 Å². The summed E-state index contributed by atoms with van der Waals surface area (Å²) in [6.07, 6.45) is 1.45. The molecule has 8 nitrogen and oxygen atoms in total. The first-order chi connectivity index (χ1) is 12.1. The van der Waals surface area contributed by atoms with Crippen LogP contribution in [-0.4, -0.2) is 34.0 Å². The van der Waals surface area contributed by atoms with Crippen molar-refractivity contribution in [1.29, 1.82) is 0 Å². The molecule has 2 aromatic heterocycles. The Morgan fingerprint density at radius 1 is 1.28 bits per heavy atom. The quantitative estimate of drug-likeness (QED) is 0.542. The molecule has 0 unspecified atom stereocenters. The summed E-state index contributed by atoms with van der Waals surface area (Å²) < 4.78 is 15.3. The zero-order valence-corrected chi connectivity index (χ0v) is 13.6. The van der Waals surface area contributed by atoms with Gasteiger partial charge in [0.25, 0.3) is 5.89 Å². The van der Waals surface area contributed by atoms with Crippen LogP contribution in [0.4, 0.5) is 0 Å². The van der Waals surface area contributed by atoms with Crippen LogP contribution in [0.3, 0.4) is 0 Å². The zero-order valence-electron chi connectivity index (χ0n) is 13.6. The number of ketones is 1. The van der Waals surface area contributed by atoms with Gasteiger partial charge in [-0.2, -0.15) is 4.98 Å². The van der Waals surface area contributed by atoms with Crippen LogP contribution in [0.15, 0.2) is 41.1 Å². The SMILES string of the molecule is COc1cccc(-c2noc(COC(=O)c3cc(C(C)=O)c[nH]3)n2)c1. The van der Waals surface area contributed by atoms with Crippen LogP contribution in [0.5, 0.6) is 5.75 Å². The number of benzene rings is 1. The molecule has 0 aliphatic rings. The predicted molar refractivity (Wildman–Crippen MR) is 86.2 cm³/mol. The fourth-order valence-corrected chi connectivity index (χ4v) is 2.11. The summed E-state index contributed by atoms with van der Waals surface area (Å²) in [7, 11) is 1.57. The molecule has 0 spiro atoms. The number of carbonyl (C=O) groups is 2. The molecule has 0 saturated carbocycles. The van der Waals surface area contributed by atoms with Crippen molar-refractivity contribution in [2.75, 3.05) is 7.11 Å². The van der Waals surface area contributed by atoms with Crippen molar-refractivity contribution in [3.05, 3.63) is 53.7 Å². The third kappa shape index (κ3) is 3.74. The molecule has 1 aromatic carbocycles. The topological polar surface area (TPSA) is 107 Å². The third-order valence-electron chi connectivity index (χ3n) is 3.43. The Hall–Kier alpha value is -3.42. The second-order valence-corrected chi connectivity index (χ2v) is 5.18. The standard InChI is InChI=1S/C17H15N3O5/c1-10(21)12-7-14(18-8-12)17(22)24-9-15-19-16(20-25-15)11-4-3-5-13(6-11)23-2/h3-8,18H,9H2,1-2H3. The van der Waals surface area contributed by atoms with Gasteiger partial charge in [-0.15, -0.1) is 0 Å². The number of aromatic nitrogens is 3. The van der Waals surface area contributed by atoms with E-state index in [0.29, 0.717) is 17.1 Å². The van der Waals surface area contributed by atoms with Gasteiger partial charge in [0.15, 0.2) is 12.4 Å². The first-order valence-electron chi connectivity index (χ1n) is 7.40. The molecule has 0 aliphatic carbocycles. The van der Waals surface area contributed by atoms with Gasteiger partial charge in [-0.05, 0) is 25.1 Å². The Kier molecular flexibility index (Phi) is 4.60. The first kappa shape index (κ1) is 16.4. The van der Waals surface area contributed by atoms with Crippen LogP contribution in [0.2, 0.25) is 0 Å². The fourth-order valence-electron chi connectivity index (χ4n) is 2.11. The number of ether oxygens (including phenoxy) is 2. The highest BCUT2D eigenvalue weighted by Gasteiger charge is 2.15. The van der Waals surface area contributed by atoms with Crippen molar-refractivity contribution in [1.82, 2.24) is 15.1 Å². The molecule has 0 aliphatic heterocycles. The maximum absolute atomic E-state index is 11.9. The largest absolute Gasteiger partial charge is 0.497 e. The van der Waals surface area contributed by atoms with Crippen molar-refractivity contribution in [2.24, 2.45) is 0 Å². The van der Waals surface area contributed by atoms with Crippen LogP contribution < -0.4 is 4.74 Å². The second-order valence-electron chi connectivity index (χ2n) is 5.18. The van der Waals surface area contributed by atoms with Crippen LogP contribution in [0.25, 0.3) is 11.4 Å². The van der Waals surface area contributed by atoms with Crippen LogP contribution in [-0.2, 0) is 11.3 Å². The monoisotopic (exact) mass is 341 g/mol. The number of nitrogens with one attached hydrogen (secondary N) is 1. The molecule has 0 amide bonds. The molecular weight excluding hydrogens is 326 g/mol. The summed E-state index contributed by atoms with van der Waals surface area (Å²) in [5, 5.41) is 3.85. The lowest BCUT2D eigenvalue weighted by Gasteiger charge is -2.00. The molecule has 8 heteroatoms. The number of esters is 1. The van der Waals surface area contributed by atoms with E-state index in [1.165, 1.54) is 19.2 Å². The Morgan fingerprint density at radius 3 is 2.84 bits per heavy atom. The average molecular weight is 341 g/mol. The lowest BCUT2D eigenvalue weighted by Crippen LogP contribution is -2.05. The summed E-state index contributed by atoms with van der Waals surface area (Å²) in [5.74, 6) is 0.431. The molecule has 25 heavy (non-hydrogen) atoms. The van der Waals surface area contributed by atoms with E-state index in [2.05, 4.69) is 15.1 Å². The Morgan fingerprint density at radius 2 is 2.12 bits per heavy atom. The molecule has 0 atom stereocenters. The van der Waals surface area contributed by atoms with Gasteiger partial charge in [0.1, 0.15) is 11.4 Å². The van der Waals surface area contributed by atoms with Gasteiger partial charge in [-0.1, -0.05) is 17.3 Å². The number of aromatic amines is 1. The normalized spacial score (nSPS) is 10.5. The molecule has 3 aromatic rings. The number of rotatable bonds is 6. The van der Waals surface area contributed by atoms with Crippen molar-refractivity contribution in [2.45, 2.75) is 13.5 Å². The van der Waals surface area contributed by atoms with Crippen LogP contribution in [0, 0.1) is 0 Å². The molecule has 2 heterocycles. The number of nitrogens with zero attached hydrogens (tertiary/aromatic N) is 2. The lowest BCUT2D eigenvalue weighted by atomic mass is 10.2. The van der Waals surface area contributed by atoms with E-state index in [0.717, 1.165) is 5.56 Å². The second kappa shape index (κ2) is 7.00.